The fraction of sp³-hybridized carbons (Fsp3) is 0.182. The van der Waals surface area contributed by atoms with Gasteiger partial charge >= 0.3 is 11.7 Å². The molecule has 0 amide bonds. The largest absolute Gasteiger partial charge is 0.481 e. The Labute approximate surface area is 111 Å². The standard InChI is InChI=1S/C11H10BrNO5/c1-7(12)6-18-10-4-3-8(11(14)17-2)5-9(10)13(15)16/h3-5H,1,6H2,2H3. The Morgan fingerprint density at radius 3 is 2.72 bits per heavy atom. The summed E-state index contributed by atoms with van der Waals surface area (Å²) in [4.78, 5) is 21.5. The quantitative estimate of drug-likeness (QED) is 0.474. The van der Waals surface area contributed by atoms with Crippen LogP contribution in [-0.2, 0) is 4.74 Å². The summed E-state index contributed by atoms with van der Waals surface area (Å²) in [5.41, 5.74) is -0.208. The fourth-order valence-electron chi connectivity index (χ4n) is 1.18. The van der Waals surface area contributed by atoms with Crippen molar-refractivity contribution >= 4 is 27.6 Å². The van der Waals surface area contributed by atoms with Gasteiger partial charge in [-0.25, -0.2) is 4.79 Å². The minimum absolute atomic E-state index is 0.0632. The predicted molar refractivity (Wildman–Crippen MR) is 68.0 cm³/mol. The lowest BCUT2D eigenvalue weighted by atomic mass is 10.2. The van der Waals surface area contributed by atoms with E-state index in [4.69, 9.17) is 4.74 Å². The third-order valence-corrected chi connectivity index (χ3v) is 2.19. The summed E-state index contributed by atoms with van der Waals surface area (Å²) in [5, 5.41) is 10.9. The van der Waals surface area contributed by atoms with Crippen molar-refractivity contribution in [2.75, 3.05) is 13.7 Å². The number of ether oxygens (including phenoxy) is 2. The summed E-state index contributed by atoms with van der Waals surface area (Å²) in [6.07, 6.45) is 0. The Morgan fingerprint density at radius 1 is 1.56 bits per heavy atom. The number of nitrogens with zero attached hydrogens (tertiary/aromatic N) is 1. The molecule has 1 aromatic carbocycles. The van der Waals surface area contributed by atoms with Crippen LogP contribution < -0.4 is 4.74 Å². The molecule has 0 fully saturated rings. The van der Waals surface area contributed by atoms with Crippen LogP contribution in [0.1, 0.15) is 10.4 Å². The SMILES string of the molecule is C=C(Br)COc1ccc(C(=O)OC)cc1[N+](=O)[O-]. The van der Waals surface area contributed by atoms with Crippen molar-refractivity contribution in [2.24, 2.45) is 0 Å². The molecular formula is C11H10BrNO5. The molecule has 1 aromatic rings. The molecule has 0 atom stereocenters. The topological polar surface area (TPSA) is 78.7 Å². The van der Waals surface area contributed by atoms with Gasteiger partial charge in [-0.1, -0.05) is 22.5 Å². The summed E-state index contributed by atoms with van der Waals surface area (Å²) in [7, 11) is 1.20. The number of nitro benzene ring substituents is 1. The van der Waals surface area contributed by atoms with Gasteiger partial charge in [-0.3, -0.25) is 10.1 Å². The van der Waals surface area contributed by atoms with Crippen molar-refractivity contribution in [1.82, 2.24) is 0 Å². The average molecular weight is 316 g/mol. The van der Waals surface area contributed by atoms with E-state index in [-0.39, 0.29) is 23.6 Å². The second-order valence-electron chi connectivity index (χ2n) is 3.24. The molecule has 18 heavy (non-hydrogen) atoms. The predicted octanol–water partition coefficient (Wildman–Crippen LogP) is 2.67. The highest BCUT2D eigenvalue weighted by Gasteiger charge is 2.19. The molecule has 0 radical (unpaired) electrons. The van der Waals surface area contributed by atoms with Gasteiger partial charge in [-0.05, 0) is 12.1 Å². The summed E-state index contributed by atoms with van der Waals surface area (Å²) in [6.45, 7) is 3.65. The minimum atomic E-state index is -0.644. The first-order valence-electron chi connectivity index (χ1n) is 4.78. The number of carbonyl (C=O) groups is 1. The van der Waals surface area contributed by atoms with Gasteiger partial charge in [0.05, 0.1) is 17.6 Å². The lowest BCUT2D eigenvalue weighted by Gasteiger charge is -2.06. The number of nitro groups is 1. The van der Waals surface area contributed by atoms with E-state index in [0.717, 1.165) is 6.07 Å². The van der Waals surface area contributed by atoms with Crippen LogP contribution >= 0.6 is 15.9 Å². The number of rotatable bonds is 5. The van der Waals surface area contributed by atoms with E-state index in [1.165, 1.54) is 19.2 Å². The zero-order valence-electron chi connectivity index (χ0n) is 9.51. The smallest absolute Gasteiger partial charge is 0.338 e. The van der Waals surface area contributed by atoms with Crippen LogP contribution in [0.5, 0.6) is 5.75 Å². The number of hydrogen-bond acceptors (Lipinski definition) is 5. The fourth-order valence-corrected chi connectivity index (χ4v) is 1.30. The first-order chi connectivity index (χ1) is 8.45. The van der Waals surface area contributed by atoms with Gasteiger partial charge < -0.3 is 9.47 Å². The lowest BCUT2D eigenvalue weighted by molar-refractivity contribution is -0.385. The van der Waals surface area contributed by atoms with Gasteiger partial charge in [0.2, 0.25) is 0 Å². The summed E-state index contributed by atoms with van der Waals surface area (Å²) in [5.74, 6) is -0.581. The van der Waals surface area contributed by atoms with Crippen molar-refractivity contribution in [2.45, 2.75) is 0 Å². The molecule has 0 spiro atoms. The number of methoxy groups -OCH3 is 1. The van der Waals surface area contributed by atoms with Crippen LogP contribution in [0.3, 0.4) is 0 Å². The third-order valence-electron chi connectivity index (χ3n) is 1.96. The van der Waals surface area contributed by atoms with Gasteiger partial charge in [0.25, 0.3) is 0 Å². The molecule has 0 aromatic heterocycles. The van der Waals surface area contributed by atoms with E-state index in [1.807, 2.05) is 0 Å². The Morgan fingerprint density at radius 2 is 2.22 bits per heavy atom. The van der Waals surface area contributed by atoms with Crippen LogP contribution in [0.4, 0.5) is 5.69 Å². The van der Waals surface area contributed by atoms with Crippen molar-refractivity contribution in [1.29, 1.82) is 0 Å². The molecule has 0 saturated heterocycles. The summed E-state index contributed by atoms with van der Waals surface area (Å²) < 4.78 is 10.2. The molecular weight excluding hydrogens is 306 g/mol. The lowest BCUT2D eigenvalue weighted by Crippen LogP contribution is -2.04. The van der Waals surface area contributed by atoms with Crippen LogP contribution in [0, 0.1) is 10.1 Å². The van der Waals surface area contributed by atoms with E-state index in [1.54, 1.807) is 0 Å². The van der Waals surface area contributed by atoms with Crippen LogP contribution in [-0.4, -0.2) is 24.6 Å². The van der Waals surface area contributed by atoms with Gasteiger partial charge in [-0.2, -0.15) is 0 Å². The Balaban J connectivity index is 3.08. The molecule has 0 bridgehead atoms. The highest BCUT2D eigenvalue weighted by atomic mass is 79.9. The number of hydrogen-bond donors (Lipinski definition) is 0. The van der Waals surface area contributed by atoms with E-state index < -0.39 is 10.9 Å². The van der Waals surface area contributed by atoms with Crippen molar-refractivity contribution < 1.29 is 19.2 Å². The summed E-state index contributed by atoms with van der Waals surface area (Å²) in [6, 6.07) is 3.85. The van der Waals surface area contributed by atoms with Crippen LogP contribution in [0.15, 0.2) is 29.3 Å². The van der Waals surface area contributed by atoms with Crippen LogP contribution in [0.2, 0.25) is 0 Å². The van der Waals surface area contributed by atoms with E-state index in [9.17, 15) is 14.9 Å². The Kier molecular flexibility index (Phi) is 4.85. The highest BCUT2D eigenvalue weighted by molar-refractivity contribution is 9.11. The first kappa shape index (κ1) is 14.2. The summed E-state index contributed by atoms with van der Waals surface area (Å²) >= 11 is 3.08. The number of benzene rings is 1. The maximum Gasteiger partial charge on any atom is 0.338 e. The number of carbonyl (C=O) groups excluding carboxylic acids is 1. The van der Waals surface area contributed by atoms with Gasteiger partial charge in [0, 0.05) is 10.5 Å². The second-order valence-corrected chi connectivity index (χ2v) is 4.36. The number of halogens is 1. The zero-order chi connectivity index (χ0) is 13.7. The van der Waals surface area contributed by atoms with Crippen LogP contribution in [0.25, 0.3) is 0 Å². The van der Waals surface area contributed by atoms with Gasteiger partial charge in [0.15, 0.2) is 5.75 Å². The van der Waals surface area contributed by atoms with Gasteiger partial charge in [0.1, 0.15) is 6.61 Å². The molecule has 1 rings (SSSR count). The maximum atomic E-state index is 11.3. The van der Waals surface area contributed by atoms with E-state index in [0.29, 0.717) is 4.48 Å². The van der Waals surface area contributed by atoms with Crippen molar-refractivity contribution in [3.05, 3.63) is 44.9 Å². The first-order valence-corrected chi connectivity index (χ1v) is 5.58. The third kappa shape index (κ3) is 3.56. The number of esters is 1. The normalized spacial score (nSPS) is 9.67. The molecule has 6 nitrogen and oxygen atoms in total. The highest BCUT2D eigenvalue weighted by Crippen LogP contribution is 2.28. The molecule has 0 N–H and O–H groups in total. The molecule has 7 heteroatoms. The molecule has 96 valence electrons. The van der Waals surface area contributed by atoms with E-state index >= 15 is 0 Å². The molecule has 0 aliphatic heterocycles. The zero-order valence-corrected chi connectivity index (χ0v) is 11.1. The molecule has 0 unspecified atom stereocenters. The average Bonchev–Trinajstić information content (AvgIpc) is 2.34. The van der Waals surface area contributed by atoms with Crippen molar-refractivity contribution in [3.8, 4) is 5.75 Å². The molecule has 0 aliphatic carbocycles. The Bertz CT molecular complexity index is 500. The molecule has 0 aliphatic rings. The minimum Gasteiger partial charge on any atom is -0.481 e. The van der Waals surface area contributed by atoms with Gasteiger partial charge in [-0.15, -0.1) is 0 Å². The Hall–Kier alpha value is -1.89. The molecule has 0 heterocycles. The van der Waals surface area contributed by atoms with Crippen molar-refractivity contribution in [3.63, 3.8) is 0 Å². The molecule has 0 saturated carbocycles. The monoisotopic (exact) mass is 315 g/mol. The van der Waals surface area contributed by atoms with E-state index in [2.05, 4.69) is 27.2 Å². The maximum absolute atomic E-state index is 11.3. The second kappa shape index (κ2) is 6.15.